The number of hydrogen-bond acceptors (Lipinski definition) is 3. The molecule has 5 heteroatoms. The molecule has 90 valence electrons. The number of carbonyl (C=O) groups excluding carboxylic acids is 1. The third kappa shape index (κ3) is 2.96. The second-order valence-corrected chi connectivity index (χ2v) is 3.72. The summed E-state index contributed by atoms with van der Waals surface area (Å²) in [6, 6.07) is 7.34. The zero-order valence-electron chi connectivity index (χ0n) is 9.56. The zero-order valence-corrected chi connectivity index (χ0v) is 9.56. The van der Waals surface area contributed by atoms with Gasteiger partial charge in [0.15, 0.2) is 0 Å². The highest BCUT2D eigenvalue weighted by atomic mass is 16.5. The first-order valence-corrected chi connectivity index (χ1v) is 5.52. The normalized spacial score (nSPS) is 14.6. The van der Waals surface area contributed by atoms with Gasteiger partial charge in [-0.25, -0.2) is 4.79 Å². The largest absolute Gasteiger partial charge is 0.492 e. The van der Waals surface area contributed by atoms with Crippen molar-refractivity contribution in [2.24, 2.45) is 4.99 Å². The second-order valence-electron chi connectivity index (χ2n) is 3.72. The first kappa shape index (κ1) is 11.4. The van der Waals surface area contributed by atoms with Crippen molar-refractivity contribution in [1.82, 2.24) is 10.2 Å². The van der Waals surface area contributed by atoms with E-state index >= 15 is 0 Å². The minimum absolute atomic E-state index is 0.0141. The first-order chi connectivity index (χ1) is 8.29. The van der Waals surface area contributed by atoms with Crippen LogP contribution in [0.5, 0.6) is 5.75 Å². The Morgan fingerprint density at radius 1 is 1.41 bits per heavy atom. The third-order valence-corrected chi connectivity index (χ3v) is 2.59. The summed E-state index contributed by atoms with van der Waals surface area (Å²) in [6.07, 6.45) is 0. The molecule has 0 spiro atoms. The minimum Gasteiger partial charge on any atom is -0.492 e. The van der Waals surface area contributed by atoms with Crippen LogP contribution in [0.2, 0.25) is 0 Å². The summed E-state index contributed by atoms with van der Waals surface area (Å²) in [5.41, 5.74) is 0.816. The van der Waals surface area contributed by atoms with Gasteiger partial charge in [0.25, 0.3) is 0 Å². The molecule has 1 aromatic rings. The van der Waals surface area contributed by atoms with Gasteiger partial charge in [-0.1, -0.05) is 0 Å². The lowest BCUT2D eigenvalue weighted by Crippen LogP contribution is -2.31. The van der Waals surface area contributed by atoms with Crippen molar-refractivity contribution in [1.29, 1.82) is 0 Å². The fourth-order valence-electron chi connectivity index (χ4n) is 1.65. The van der Waals surface area contributed by atoms with E-state index in [0.717, 1.165) is 24.5 Å². The lowest BCUT2D eigenvalue weighted by atomic mass is 10.3. The molecule has 2 amide bonds. The van der Waals surface area contributed by atoms with Crippen molar-refractivity contribution >= 4 is 18.4 Å². The van der Waals surface area contributed by atoms with Crippen molar-refractivity contribution < 1.29 is 9.53 Å². The van der Waals surface area contributed by atoms with Gasteiger partial charge < -0.3 is 15.0 Å². The number of nitrogens with one attached hydrogen (secondary N) is 1. The number of aliphatic imine (C=N–C) groups is 1. The van der Waals surface area contributed by atoms with Gasteiger partial charge in [-0.05, 0) is 31.0 Å². The fraction of sp³-hybridized carbons (Fsp3) is 0.333. The predicted molar refractivity (Wildman–Crippen MR) is 66.1 cm³/mol. The molecule has 1 fully saturated rings. The van der Waals surface area contributed by atoms with Gasteiger partial charge in [-0.15, -0.1) is 0 Å². The third-order valence-electron chi connectivity index (χ3n) is 2.59. The maximum Gasteiger partial charge on any atom is 0.317 e. The molecule has 2 rings (SSSR count). The Morgan fingerprint density at radius 2 is 2.18 bits per heavy atom. The van der Waals surface area contributed by atoms with Gasteiger partial charge in [0.1, 0.15) is 12.4 Å². The summed E-state index contributed by atoms with van der Waals surface area (Å²) in [4.78, 5) is 16.8. The van der Waals surface area contributed by atoms with Crippen LogP contribution >= 0.6 is 0 Å². The summed E-state index contributed by atoms with van der Waals surface area (Å²) < 4.78 is 5.53. The number of rotatable bonds is 5. The molecule has 0 saturated carbocycles. The van der Waals surface area contributed by atoms with Crippen LogP contribution in [-0.2, 0) is 0 Å². The van der Waals surface area contributed by atoms with E-state index in [4.69, 9.17) is 4.74 Å². The Morgan fingerprint density at radius 3 is 2.76 bits per heavy atom. The Balaban J connectivity index is 1.77. The van der Waals surface area contributed by atoms with Crippen molar-refractivity contribution in [3.8, 4) is 5.75 Å². The van der Waals surface area contributed by atoms with E-state index in [9.17, 15) is 4.79 Å². The van der Waals surface area contributed by atoms with Gasteiger partial charge in [0, 0.05) is 13.1 Å². The number of nitrogens with zero attached hydrogens (tertiary/aromatic N) is 2. The first-order valence-electron chi connectivity index (χ1n) is 5.52. The van der Waals surface area contributed by atoms with E-state index in [-0.39, 0.29) is 6.03 Å². The molecular formula is C12H15N3O2. The molecular weight excluding hydrogens is 218 g/mol. The van der Waals surface area contributed by atoms with Crippen LogP contribution in [0.3, 0.4) is 0 Å². The standard InChI is InChI=1S/C12H15N3O2/c1-13-10-2-4-11(5-3-10)17-9-8-15-7-6-14-12(15)16/h2-5H,1,6-9H2,(H,14,16). The van der Waals surface area contributed by atoms with Crippen molar-refractivity contribution in [2.45, 2.75) is 0 Å². The molecule has 0 unspecified atom stereocenters. The summed E-state index contributed by atoms with van der Waals surface area (Å²) in [7, 11) is 0. The number of amides is 2. The molecule has 1 aromatic carbocycles. The lowest BCUT2D eigenvalue weighted by Gasteiger charge is -2.14. The molecule has 1 N–H and O–H groups in total. The van der Waals surface area contributed by atoms with E-state index in [0.29, 0.717) is 13.2 Å². The van der Waals surface area contributed by atoms with Crippen LogP contribution in [-0.4, -0.2) is 43.9 Å². The van der Waals surface area contributed by atoms with E-state index in [1.165, 1.54) is 0 Å². The van der Waals surface area contributed by atoms with Crippen molar-refractivity contribution in [3.05, 3.63) is 24.3 Å². The van der Waals surface area contributed by atoms with Gasteiger partial charge in [0.2, 0.25) is 0 Å². The number of benzene rings is 1. The van der Waals surface area contributed by atoms with Gasteiger partial charge in [0.05, 0.1) is 12.2 Å². The number of ether oxygens (including phenoxy) is 1. The van der Waals surface area contributed by atoms with Gasteiger partial charge in [-0.3, -0.25) is 4.99 Å². The minimum atomic E-state index is -0.0141. The Bertz CT molecular complexity index is 403. The van der Waals surface area contributed by atoms with Gasteiger partial charge >= 0.3 is 6.03 Å². The number of hydrogen-bond donors (Lipinski definition) is 1. The molecule has 1 heterocycles. The summed E-state index contributed by atoms with van der Waals surface area (Å²) in [6.45, 7) is 6.01. The van der Waals surface area contributed by atoms with Crippen LogP contribution in [0, 0.1) is 0 Å². The monoisotopic (exact) mass is 233 g/mol. The fourth-order valence-corrected chi connectivity index (χ4v) is 1.65. The second kappa shape index (κ2) is 5.34. The van der Waals surface area contributed by atoms with Crippen LogP contribution < -0.4 is 10.1 Å². The molecule has 1 aliphatic heterocycles. The summed E-state index contributed by atoms with van der Waals surface area (Å²) >= 11 is 0. The lowest BCUT2D eigenvalue weighted by molar-refractivity contribution is 0.202. The molecule has 0 radical (unpaired) electrons. The Kier molecular flexibility index (Phi) is 3.59. The predicted octanol–water partition coefficient (Wildman–Crippen LogP) is 1.42. The molecule has 1 saturated heterocycles. The van der Waals surface area contributed by atoms with E-state index < -0.39 is 0 Å². The smallest absolute Gasteiger partial charge is 0.317 e. The highest BCUT2D eigenvalue weighted by molar-refractivity contribution is 5.76. The maximum atomic E-state index is 11.2. The maximum absolute atomic E-state index is 11.2. The molecule has 17 heavy (non-hydrogen) atoms. The van der Waals surface area contributed by atoms with Crippen LogP contribution in [0.15, 0.2) is 29.3 Å². The molecule has 5 nitrogen and oxygen atoms in total. The SMILES string of the molecule is C=Nc1ccc(OCCN2CCNC2=O)cc1. The zero-order chi connectivity index (χ0) is 12.1. The van der Waals surface area contributed by atoms with Crippen LogP contribution in [0.4, 0.5) is 10.5 Å². The average Bonchev–Trinajstić information content (AvgIpc) is 2.76. The van der Waals surface area contributed by atoms with Crippen LogP contribution in [0.1, 0.15) is 0 Å². The van der Waals surface area contributed by atoms with E-state index in [1.54, 1.807) is 4.90 Å². The topological polar surface area (TPSA) is 53.9 Å². The van der Waals surface area contributed by atoms with E-state index in [2.05, 4.69) is 17.0 Å². The molecule has 0 aliphatic carbocycles. The number of urea groups is 1. The Hall–Kier alpha value is -2.04. The molecule has 0 bridgehead atoms. The van der Waals surface area contributed by atoms with E-state index in [1.807, 2.05) is 24.3 Å². The molecule has 1 aliphatic rings. The quantitative estimate of drug-likeness (QED) is 0.782. The van der Waals surface area contributed by atoms with Gasteiger partial charge in [-0.2, -0.15) is 0 Å². The summed E-state index contributed by atoms with van der Waals surface area (Å²) in [5, 5.41) is 2.75. The van der Waals surface area contributed by atoms with Crippen LogP contribution in [0.25, 0.3) is 0 Å². The highest BCUT2D eigenvalue weighted by Crippen LogP contribution is 2.17. The van der Waals surface area contributed by atoms with Crippen molar-refractivity contribution in [3.63, 3.8) is 0 Å². The summed E-state index contributed by atoms with van der Waals surface area (Å²) in [5.74, 6) is 0.775. The number of carbonyl (C=O) groups is 1. The molecule has 0 atom stereocenters. The Labute approximate surface area is 100 Å². The molecule has 0 aromatic heterocycles. The highest BCUT2D eigenvalue weighted by Gasteiger charge is 2.18. The van der Waals surface area contributed by atoms with Crippen molar-refractivity contribution in [2.75, 3.05) is 26.2 Å². The average molecular weight is 233 g/mol.